The third kappa shape index (κ3) is 3.42. The Bertz CT molecular complexity index is 643. The van der Waals surface area contributed by atoms with Crippen molar-refractivity contribution >= 4 is 5.82 Å². The maximum absolute atomic E-state index is 5.89. The molecule has 22 heavy (non-hydrogen) atoms. The minimum Gasteiger partial charge on any atom is -0.449 e. The summed E-state index contributed by atoms with van der Waals surface area (Å²) in [5.74, 6) is 2.26. The lowest BCUT2D eigenvalue weighted by molar-refractivity contribution is -0.0354. The molecule has 0 aliphatic carbocycles. The van der Waals surface area contributed by atoms with E-state index in [0.717, 1.165) is 42.7 Å². The van der Waals surface area contributed by atoms with Gasteiger partial charge in [-0.05, 0) is 6.92 Å². The molecule has 2 aromatic heterocycles. The van der Waals surface area contributed by atoms with E-state index >= 15 is 0 Å². The number of morpholine rings is 1. The Balaban J connectivity index is 1.71. The molecule has 0 spiro atoms. The van der Waals surface area contributed by atoms with Gasteiger partial charge in [0.25, 0.3) is 0 Å². The predicted molar refractivity (Wildman–Crippen MR) is 81.5 cm³/mol. The summed E-state index contributed by atoms with van der Waals surface area (Å²) in [4.78, 5) is 15.5. The van der Waals surface area contributed by atoms with Gasteiger partial charge in [-0.3, -0.25) is 4.90 Å². The first-order valence-corrected chi connectivity index (χ1v) is 7.42. The van der Waals surface area contributed by atoms with Gasteiger partial charge < -0.3 is 14.5 Å². The van der Waals surface area contributed by atoms with Crippen molar-refractivity contribution in [3.8, 4) is 0 Å². The molecule has 0 bridgehead atoms. The quantitative estimate of drug-likeness (QED) is 0.921. The van der Waals surface area contributed by atoms with E-state index in [2.05, 4.69) is 25.2 Å². The molecule has 0 unspecified atom stereocenters. The zero-order valence-corrected chi connectivity index (χ0v) is 13.2. The van der Waals surface area contributed by atoms with Crippen molar-refractivity contribution in [2.75, 3.05) is 32.1 Å². The molecule has 1 N–H and O–H groups in total. The highest BCUT2D eigenvalue weighted by atomic mass is 16.5. The van der Waals surface area contributed by atoms with Crippen molar-refractivity contribution in [3.63, 3.8) is 0 Å². The molecule has 1 fully saturated rings. The number of hydrogen-bond donors (Lipinski definition) is 1. The third-order valence-corrected chi connectivity index (χ3v) is 3.65. The topological polar surface area (TPSA) is 76.3 Å². The Morgan fingerprint density at radius 3 is 2.91 bits per heavy atom. The first-order chi connectivity index (χ1) is 10.6. The third-order valence-electron chi connectivity index (χ3n) is 3.65. The lowest BCUT2D eigenvalue weighted by atomic mass is 10.2. The highest BCUT2D eigenvalue weighted by Crippen LogP contribution is 2.23. The van der Waals surface area contributed by atoms with E-state index in [-0.39, 0.29) is 6.10 Å². The Labute approximate surface area is 129 Å². The fourth-order valence-corrected chi connectivity index (χ4v) is 2.62. The monoisotopic (exact) mass is 303 g/mol. The van der Waals surface area contributed by atoms with Gasteiger partial charge in [-0.25, -0.2) is 15.0 Å². The molecular formula is C15H21N5O2. The molecule has 118 valence electrons. The minimum absolute atomic E-state index is 0.0458. The zero-order chi connectivity index (χ0) is 15.5. The van der Waals surface area contributed by atoms with Crippen LogP contribution in [0, 0.1) is 13.8 Å². The largest absolute Gasteiger partial charge is 0.449 e. The van der Waals surface area contributed by atoms with Gasteiger partial charge in [0.05, 0.1) is 18.0 Å². The minimum atomic E-state index is -0.0458. The molecule has 1 saturated heterocycles. The molecule has 0 radical (unpaired) electrons. The second kappa shape index (κ2) is 6.41. The van der Waals surface area contributed by atoms with Crippen LogP contribution in [0.15, 0.2) is 16.7 Å². The van der Waals surface area contributed by atoms with E-state index in [9.17, 15) is 0 Å². The number of oxazole rings is 1. The molecule has 2 aromatic rings. The molecule has 0 saturated carbocycles. The number of nitrogens with zero attached hydrogens (tertiary/aromatic N) is 4. The van der Waals surface area contributed by atoms with Gasteiger partial charge in [0.1, 0.15) is 24.0 Å². The van der Waals surface area contributed by atoms with Crippen LogP contribution in [0.25, 0.3) is 0 Å². The molecule has 0 aromatic carbocycles. The van der Waals surface area contributed by atoms with E-state index in [1.165, 1.54) is 0 Å². The Kier molecular flexibility index (Phi) is 4.35. The normalized spacial score (nSPS) is 19.3. The van der Waals surface area contributed by atoms with E-state index in [4.69, 9.17) is 9.15 Å². The average molecular weight is 303 g/mol. The maximum atomic E-state index is 5.89. The Morgan fingerprint density at radius 2 is 2.18 bits per heavy atom. The van der Waals surface area contributed by atoms with Crippen LogP contribution in [0.1, 0.15) is 29.2 Å². The summed E-state index contributed by atoms with van der Waals surface area (Å²) in [6, 6.07) is 1.95. The standard InChI is InChI=1S/C15H21N5O2/c1-10-17-13(6-15(16-3)18-10)14-8-20(4-5-21-14)7-12-9-22-11(2)19-12/h6,9,14H,4-5,7-8H2,1-3H3,(H,16,17,18)/t14-/m0/s1. The molecule has 0 amide bonds. The smallest absolute Gasteiger partial charge is 0.191 e. The van der Waals surface area contributed by atoms with Crippen LogP contribution >= 0.6 is 0 Å². The van der Waals surface area contributed by atoms with Crippen molar-refractivity contribution in [3.05, 3.63) is 35.4 Å². The molecule has 1 aliphatic heterocycles. The van der Waals surface area contributed by atoms with Crippen molar-refractivity contribution in [1.82, 2.24) is 19.9 Å². The van der Waals surface area contributed by atoms with E-state index in [1.807, 2.05) is 27.0 Å². The molecule has 7 heteroatoms. The molecule has 1 aliphatic rings. The number of ether oxygens (including phenoxy) is 1. The Hall–Kier alpha value is -1.99. The van der Waals surface area contributed by atoms with Gasteiger partial charge in [0, 0.05) is 39.7 Å². The second-order valence-corrected chi connectivity index (χ2v) is 5.43. The van der Waals surface area contributed by atoms with Crippen LogP contribution < -0.4 is 5.32 Å². The summed E-state index contributed by atoms with van der Waals surface area (Å²) < 4.78 is 11.2. The van der Waals surface area contributed by atoms with E-state index in [0.29, 0.717) is 12.5 Å². The van der Waals surface area contributed by atoms with Crippen LogP contribution in [0.2, 0.25) is 0 Å². The summed E-state index contributed by atoms with van der Waals surface area (Å²) in [5, 5.41) is 3.06. The lowest BCUT2D eigenvalue weighted by Crippen LogP contribution is -2.38. The van der Waals surface area contributed by atoms with Crippen molar-refractivity contribution in [2.45, 2.75) is 26.5 Å². The first-order valence-electron chi connectivity index (χ1n) is 7.42. The van der Waals surface area contributed by atoms with Crippen molar-refractivity contribution in [1.29, 1.82) is 0 Å². The van der Waals surface area contributed by atoms with Gasteiger partial charge in [0.15, 0.2) is 5.89 Å². The highest BCUT2D eigenvalue weighted by Gasteiger charge is 2.24. The fraction of sp³-hybridized carbons (Fsp3) is 0.533. The van der Waals surface area contributed by atoms with Crippen LogP contribution in [0.3, 0.4) is 0 Å². The van der Waals surface area contributed by atoms with Gasteiger partial charge in [0.2, 0.25) is 0 Å². The number of nitrogens with one attached hydrogen (secondary N) is 1. The second-order valence-electron chi connectivity index (χ2n) is 5.43. The number of hydrogen-bond acceptors (Lipinski definition) is 7. The zero-order valence-electron chi connectivity index (χ0n) is 13.2. The summed E-state index contributed by atoms with van der Waals surface area (Å²) in [6.07, 6.45) is 1.67. The summed E-state index contributed by atoms with van der Waals surface area (Å²) in [5.41, 5.74) is 1.87. The van der Waals surface area contributed by atoms with Gasteiger partial charge >= 0.3 is 0 Å². The Morgan fingerprint density at radius 1 is 1.32 bits per heavy atom. The van der Waals surface area contributed by atoms with Crippen LogP contribution in [0.5, 0.6) is 0 Å². The number of rotatable bonds is 4. The van der Waals surface area contributed by atoms with Crippen LogP contribution in [-0.2, 0) is 11.3 Å². The fourth-order valence-electron chi connectivity index (χ4n) is 2.62. The van der Waals surface area contributed by atoms with Gasteiger partial charge in [-0.2, -0.15) is 0 Å². The van der Waals surface area contributed by atoms with E-state index < -0.39 is 0 Å². The van der Waals surface area contributed by atoms with Crippen molar-refractivity contribution in [2.24, 2.45) is 0 Å². The van der Waals surface area contributed by atoms with E-state index in [1.54, 1.807) is 6.26 Å². The summed E-state index contributed by atoms with van der Waals surface area (Å²) in [7, 11) is 1.85. The lowest BCUT2D eigenvalue weighted by Gasteiger charge is -2.32. The molecule has 3 rings (SSSR count). The number of aryl methyl sites for hydroxylation is 2. The van der Waals surface area contributed by atoms with Crippen LogP contribution in [-0.4, -0.2) is 46.6 Å². The first kappa shape index (κ1) is 14.9. The SMILES string of the molecule is CNc1cc([C@@H]2CN(Cc3coc(C)n3)CCO2)nc(C)n1. The van der Waals surface area contributed by atoms with Crippen molar-refractivity contribution < 1.29 is 9.15 Å². The molecular weight excluding hydrogens is 282 g/mol. The van der Waals surface area contributed by atoms with Crippen LogP contribution in [0.4, 0.5) is 5.82 Å². The highest BCUT2D eigenvalue weighted by molar-refractivity contribution is 5.35. The predicted octanol–water partition coefficient (Wildman–Crippen LogP) is 1.70. The number of anilines is 1. The molecule has 3 heterocycles. The van der Waals surface area contributed by atoms with Gasteiger partial charge in [-0.1, -0.05) is 0 Å². The average Bonchev–Trinajstić information content (AvgIpc) is 2.92. The molecule has 1 atom stereocenters. The summed E-state index contributed by atoms with van der Waals surface area (Å²) >= 11 is 0. The summed E-state index contributed by atoms with van der Waals surface area (Å²) in [6.45, 7) is 6.86. The maximum Gasteiger partial charge on any atom is 0.191 e. The number of aromatic nitrogens is 3. The molecule has 7 nitrogen and oxygen atoms in total. The van der Waals surface area contributed by atoms with Gasteiger partial charge in [-0.15, -0.1) is 0 Å².